The predicted molar refractivity (Wildman–Crippen MR) is 65.1 cm³/mol. The molecule has 0 amide bonds. The van der Waals surface area contributed by atoms with E-state index in [2.05, 4.69) is 0 Å². The SMILES string of the molecule is CC=C(CC(N)C(=O)O)c1ccccc1C. The first-order valence-corrected chi connectivity index (χ1v) is 5.25. The maximum absolute atomic E-state index is 10.7. The quantitative estimate of drug-likeness (QED) is 0.816. The van der Waals surface area contributed by atoms with E-state index in [0.717, 1.165) is 16.7 Å². The van der Waals surface area contributed by atoms with Gasteiger partial charge in [-0.25, -0.2) is 0 Å². The number of benzene rings is 1. The Morgan fingerprint density at radius 3 is 2.62 bits per heavy atom. The summed E-state index contributed by atoms with van der Waals surface area (Å²) in [6.45, 7) is 3.90. The Hall–Kier alpha value is -1.61. The van der Waals surface area contributed by atoms with Gasteiger partial charge in [0.1, 0.15) is 6.04 Å². The van der Waals surface area contributed by atoms with Crippen LogP contribution in [0.4, 0.5) is 0 Å². The number of carbonyl (C=O) groups is 1. The van der Waals surface area contributed by atoms with Gasteiger partial charge in [0.15, 0.2) is 0 Å². The van der Waals surface area contributed by atoms with Crippen molar-refractivity contribution in [1.82, 2.24) is 0 Å². The molecule has 1 aromatic rings. The van der Waals surface area contributed by atoms with E-state index in [1.807, 2.05) is 44.2 Å². The summed E-state index contributed by atoms with van der Waals surface area (Å²) >= 11 is 0. The first-order chi connectivity index (χ1) is 7.56. The zero-order valence-electron chi connectivity index (χ0n) is 9.60. The Balaban J connectivity index is 2.93. The maximum Gasteiger partial charge on any atom is 0.320 e. The smallest absolute Gasteiger partial charge is 0.320 e. The highest BCUT2D eigenvalue weighted by molar-refractivity contribution is 5.78. The van der Waals surface area contributed by atoms with E-state index in [1.165, 1.54) is 0 Å². The molecule has 1 unspecified atom stereocenters. The average Bonchev–Trinajstić information content (AvgIpc) is 2.26. The molecular weight excluding hydrogens is 202 g/mol. The van der Waals surface area contributed by atoms with E-state index in [1.54, 1.807) is 0 Å². The van der Waals surface area contributed by atoms with Crippen LogP contribution in [0.3, 0.4) is 0 Å². The summed E-state index contributed by atoms with van der Waals surface area (Å²) in [4.78, 5) is 10.7. The summed E-state index contributed by atoms with van der Waals surface area (Å²) < 4.78 is 0. The Kier molecular flexibility index (Phi) is 4.26. The van der Waals surface area contributed by atoms with Gasteiger partial charge < -0.3 is 10.8 Å². The van der Waals surface area contributed by atoms with Crippen LogP contribution in [0.2, 0.25) is 0 Å². The van der Waals surface area contributed by atoms with Crippen molar-refractivity contribution in [3.05, 3.63) is 41.5 Å². The Labute approximate surface area is 95.6 Å². The molecule has 0 aliphatic rings. The van der Waals surface area contributed by atoms with Crippen molar-refractivity contribution < 1.29 is 9.90 Å². The molecule has 0 spiro atoms. The Morgan fingerprint density at radius 1 is 1.50 bits per heavy atom. The van der Waals surface area contributed by atoms with Gasteiger partial charge in [-0.15, -0.1) is 0 Å². The van der Waals surface area contributed by atoms with Gasteiger partial charge in [0.25, 0.3) is 0 Å². The van der Waals surface area contributed by atoms with Crippen LogP contribution in [-0.4, -0.2) is 17.1 Å². The maximum atomic E-state index is 10.7. The molecule has 0 bridgehead atoms. The fourth-order valence-corrected chi connectivity index (χ4v) is 1.64. The molecule has 0 heterocycles. The van der Waals surface area contributed by atoms with Crippen molar-refractivity contribution >= 4 is 11.5 Å². The van der Waals surface area contributed by atoms with E-state index >= 15 is 0 Å². The number of hydrogen-bond acceptors (Lipinski definition) is 2. The summed E-state index contributed by atoms with van der Waals surface area (Å²) in [5.41, 5.74) is 8.72. The van der Waals surface area contributed by atoms with E-state index < -0.39 is 12.0 Å². The minimum atomic E-state index is -0.965. The number of aryl methyl sites for hydroxylation is 1. The van der Waals surface area contributed by atoms with Crippen LogP contribution in [-0.2, 0) is 4.79 Å². The minimum absolute atomic E-state index is 0.358. The number of carboxylic acid groups (broad SMARTS) is 1. The highest BCUT2D eigenvalue weighted by Crippen LogP contribution is 2.22. The molecule has 0 radical (unpaired) electrons. The van der Waals surface area contributed by atoms with Crippen molar-refractivity contribution in [3.63, 3.8) is 0 Å². The van der Waals surface area contributed by atoms with Crippen LogP contribution in [0.25, 0.3) is 5.57 Å². The number of aliphatic carboxylic acids is 1. The third kappa shape index (κ3) is 2.94. The van der Waals surface area contributed by atoms with Crippen molar-refractivity contribution in [3.8, 4) is 0 Å². The monoisotopic (exact) mass is 219 g/mol. The molecule has 1 rings (SSSR count). The number of rotatable bonds is 4. The summed E-state index contributed by atoms with van der Waals surface area (Å²) in [5.74, 6) is -0.965. The largest absolute Gasteiger partial charge is 0.480 e. The van der Waals surface area contributed by atoms with E-state index in [-0.39, 0.29) is 0 Å². The van der Waals surface area contributed by atoms with Gasteiger partial charge in [-0.1, -0.05) is 30.3 Å². The first kappa shape index (κ1) is 12.5. The lowest BCUT2D eigenvalue weighted by molar-refractivity contribution is -0.138. The summed E-state index contributed by atoms with van der Waals surface area (Å²) in [6, 6.07) is 7.05. The molecule has 0 saturated carbocycles. The highest BCUT2D eigenvalue weighted by Gasteiger charge is 2.15. The Morgan fingerprint density at radius 2 is 2.12 bits per heavy atom. The third-order valence-corrected chi connectivity index (χ3v) is 2.60. The fourth-order valence-electron chi connectivity index (χ4n) is 1.64. The summed E-state index contributed by atoms with van der Waals surface area (Å²) in [5, 5.41) is 8.79. The molecule has 3 nitrogen and oxygen atoms in total. The lowest BCUT2D eigenvalue weighted by Crippen LogP contribution is -2.30. The van der Waals surface area contributed by atoms with Crippen LogP contribution in [0.5, 0.6) is 0 Å². The topological polar surface area (TPSA) is 63.3 Å². The number of hydrogen-bond donors (Lipinski definition) is 2. The molecule has 0 saturated heterocycles. The first-order valence-electron chi connectivity index (χ1n) is 5.25. The van der Waals surface area contributed by atoms with Gasteiger partial charge in [-0.3, -0.25) is 4.79 Å². The molecule has 0 aliphatic carbocycles. The summed E-state index contributed by atoms with van der Waals surface area (Å²) in [7, 11) is 0. The normalized spacial score (nSPS) is 13.6. The second kappa shape index (κ2) is 5.47. The third-order valence-electron chi connectivity index (χ3n) is 2.60. The van der Waals surface area contributed by atoms with Crippen LogP contribution in [0.1, 0.15) is 24.5 Å². The van der Waals surface area contributed by atoms with Crippen molar-refractivity contribution in [2.24, 2.45) is 5.73 Å². The highest BCUT2D eigenvalue weighted by atomic mass is 16.4. The molecule has 1 aromatic carbocycles. The number of allylic oxidation sites excluding steroid dienone is 1. The van der Waals surface area contributed by atoms with Crippen LogP contribution < -0.4 is 5.73 Å². The summed E-state index contributed by atoms with van der Waals surface area (Å²) in [6.07, 6.45) is 2.28. The second-order valence-corrected chi connectivity index (χ2v) is 3.78. The molecule has 3 heteroatoms. The van der Waals surface area contributed by atoms with Gasteiger partial charge in [-0.2, -0.15) is 0 Å². The molecule has 0 fully saturated rings. The van der Waals surface area contributed by atoms with Gasteiger partial charge in [-0.05, 0) is 37.0 Å². The average molecular weight is 219 g/mol. The standard InChI is InChI=1S/C13H17NO2/c1-3-10(8-12(14)13(15)16)11-7-5-4-6-9(11)2/h3-7,12H,8,14H2,1-2H3,(H,15,16). The number of carboxylic acids is 1. The minimum Gasteiger partial charge on any atom is -0.480 e. The van der Waals surface area contributed by atoms with Gasteiger partial charge in [0.2, 0.25) is 0 Å². The molecule has 86 valence electrons. The molecular formula is C13H17NO2. The zero-order chi connectivity index (χ0) is 12.1. The lowest BCUT2D eigenvalue weighted by atomic mass is 9.95. The molecule has 16 heavy (non-hydrogen) atoms. The molecule has 0 aromatic heterocycles. The van der Waals surface area contributed by atoms with E-state index in [9.17, 15) is 4.79 Å². The van der Waals surface area contributed by atoms with Crippen LogP contribution >= 0.6 is 0 Å². The molecule has 3 N–H and O–H groups in total. The van der Waals surface area contributed by atoms with Gasteiger partial charge in [0, 0.05) is 0 Å². The van der Waals surface area contributed by atoms with Crippen molar-refractivity contribution in [2.75, 3.05) is 0 Å². The second-order valence-electron chi connectivity index (χ2n) is 3.78. The van der Waals surface area contributed by atoms with E-state index in [4.69, 9.17) is 10.8 Å². The van der Waals surface area contributed by atoms with Gasteiger partial charge in [0.05, 0.1) is 0 Å². The Bertz CT molecular complexity index is 410. The van der Waals surface area contributed by atoms with Crippen LogP contribution in [0, 0.1) is 6.92 Å². The number of nitrogens with two attached hydrogens (primary N) is 1. The van der Waals surface area contributed by atoms with Crippen molar-refractivity contribution in [2.45, 2.75) is 26.3 Å². The van der Waals surface area contributed by atoms with Gasteiger partial charge >= 0.3 is 5.97 Å². The molecule has 1 atom stereocenters. The van der Waals surface area contributed by atoms with E-state index in [0.29, 0.717) is 6.42 Å². The fraction of sp³-hybridized carbons (Fsp3) is 0.308. The van der Waals surface area contributed by atoms with Crippen molar-refractivity contribution in [1.29, 1.82) is 0 Å². The molecule has 0 aliphatic heterocycles. The predicted octanol–water partition coefficient (Wildman–Crippen LogP) is 2.20. The lowest BCUT2D eigenvalue weighted by Gasteiger charge is -2.12. The van der Waals surface area contributed by atoms with Crippen LogP contribution in [0.15, 0.2) is 30.3 Å². The zero-order valence-corrected chi connectivity index (χ0v) is 9.60.